The van der Waals surface area contributed by atoms with Crippen molar-refractivity contribution >= 4 is 33.1 Å². The van der Waals surface area contributed by atoms with Crippen molar-refractivity contribution in [3.8, 4) is 0 Å². The van der Waals surface area contributed by atoms with E-state index in [1.807, 2.05) is 13.0 Å². The summed E-state index contributed by atoms with van der Waals surface area (Å²) < 4.78 is 0.810. The third-order valence-corrected chi connectivity index (χ3v) is 3.54. The number of nitrogens with zero attached hydrogens (tertiary/aromatic N) is 2. The molecule has 84 valence electrons. The predicted octanol–water partition coefficient (Wildman–Crippen LogP) is 3.53. The van der Waals surface area contributed by atoms with Crippen LogP contribution in [0, 0.1) is 13.8 Å². The van der Waals surface area contributed by atoms with E-state index in [4.69, 9.17) is 0 Å². The number of nitrogens with one attached hydrogen (secondary N) is 1. The quantitative estimate of drug-likeness (QED) is 0.881. The van der Waals surface area contributed by atoms with Gasteiger partial charge < -0.3 is 5.32 Å². The summed E-state index contributed by atoms with van der Waals surface area (Å²) >= 11 is 5.08. The predicted molar refractivity (Wildman–Crippen MR) is 70.9 cm³/mol. The Morgan fingerprint density at radius 1 is 1.31 bits per heavy atom. The molecule has 1 N–H and O–H groups in total. The molecule has 0 aliphatic rings. The average Bonchev–Trinajstić information content (AvgIpc) is 2.59. The Morgan fingerprint density at radius 3 is 2.75 bits per heavy atom. The van der Waals surface area contributed by atoms with E-state index in [1.165, 1.54) is 11.1 Å². The van der Waals surface area contributed by atoms with Gasteiger partial charge >= 0.3 is 0 Å². The third-order valence-electron chi connectivity index (χ3n) is 2.23. The normalized spacial score (nSPS) is 10.4. The topological polar surface area (TPSA) is 37.8 Å². The Kier molecular flexibility index (Phi) is 3.56. The largest absolute Gasteiger partial charge is 0.366 e. The first-order valence-electron chi connectivity index (χ1n) is 4.92. The number of halogens is 1. The van der Waals surface area contributed by atoms with Crippen molar-refractivity contribution < 1.29 is 0 Å². The third kappa shape index (κ3) is 2.80. The highest BCUT2D eigenvalue weighted by Gasteiger charge is 2.02. The molecular weight excluding hydrogens is 286 g/mol. The molecule has 3 nitrogen and oxygen atoms in total. The number of hydrogen-bond acceptors (Lipinski definition) is 4. The van der Waals surface area contributed by atoms with E-state index in [9.17, 15) is 0 Å². The molecule has 0 radical (unpaired) electrons. The highest BCUT2D eigenvalue weighted by atomic mass is 79.9. The zero-order valence-electron chi connectivity index (χ0n) is 9.12. The van der Waals surface area contributed by atoms with Gasteiger partial charge in [0.1, 0.15) is 16.2 Å². The molecule has 0 amide bonds. The van der Waals surface area contributed by atoms with Gasteiger partial charge in [0.2, 0.25) is 0 Å². The molecule has 2 aromatic rings. The maximum absolute atomic E-state index is 4.31. The molecule has 2 heterocycles. The van der Waals surface area contributed by atoms with E-state index >= 15 is 0 Å². The fraction of sp³-hybridized carbons (Fsp3) is 0.273. The lowest BCUT2D eigenvalue weighted by Gasteiger charge is -2.06. The van der Waals surface area contributed by atoms with Gasteiger partial charge in [-0.3, -0.25) is 0 Å². The molecule has 0 aliphatic carbocycles. The van der Waals surface area contributed by atoms with Crippen LogP contribution in [0.25, 0.3) is 0 Å². The summed E-state index contributed by atoms with van der Waals surface area (Å²) in [6.07, 6.45) is 0. The highest BCUT2D eigenvalue weighted by molar-refractivity contribution is 9.10. The minimum absolute atomic E-state index is 0.763. The van der Waals surface area contributed by atoms with Crippen molar-refractivity contribution in [2.75, 3.05) is 5.32 Å². The van der Waals surface area contributed by atoms with Crippen molar-refractivity contribution in [2.24, 2.45) is 0 Å². The van der Waals surface area contributed by atoms with E-state index in [1.54, 1.807) is 11.3 Å². The monoisotopic (exact) mass is 297 g/mol. The average molecular weight is 298 g/mol. The van der Waals surface area contributed by atoms with Crippen LogP contribution in [-0.2, 0) is 6.54 Å². The molecule has 16 heavy (non-hydrogen) atoms. The van der Waals surface area contributed by atoms with E-state index in [2.05, 4.69) is 48.9 Å². The summed E-state index contributed by atoms with van der Waals surface area (Å²) in [5.41, 5.74) is 2.64. The lowest BCUT2D eigenvalue weighted by Crippen LogP contribution is -2.03. The van der Waals surface area contributed by atoms with Crippen LogP contribution >= 0.6 is 27.3 Å². The Hall–Kier alpha value is -0.940. The van der Waals surface area contributed by atoms with Crippen LogP contribution < -0.4 is 5.32 Å². The van der Waals surface area contributed by atoms with Crippen molar-refractivity contribution in [2.45, 2.75) is 20.4 Å². The highest BCUT2D eigenvalue weighted by Crippen LogP contribution is 2.16. The second-order valence-corrected chi connectivity index (χ2v) is 5.11. The van der Waals surface area contributed by atoms with Gasteiger partial charge in [0.05, 0.1) is 0 Å². The van der Waals surface area contributed by atoms with Crippen LogP contribution in [-0.4, -0.2) is 9.97 Å². The summed E-state index contributed by atoms with van der Waals surface area (Å²) in [6.45, 7) is 4.80. The number of aromatic nitrogens is 2. The van der Waals surface area contributed by atoms with Crippen LogP contribution in [0.15, 0.2) is 21.4 Å². The summed E-state index contributed by atoms with van der Waals surface area (Å²) in [6, 6.07) is 1.88. The van der Waals surface area contributed by atoms with Gasteiger partial charge in [-0.05, 0) is 51.7 Å². The summed E-state index contributed by atoms with van der Waals surface area (Å²) in [5, 5.41) is 7.60. The minimum Gasteiger partial charge on any atom is -0.366 e. The SMILES string of the molecule is Cc1nc(Br)cc(NCc2cscc2C)n1. The molecule has 0 spiro atoms. The number of anilines is 1. The van der Waals surface area contributed by atoms with Crippen LogP contribution in [0.4, 0.5) is 5.82 Å². The summed E-state index contributed by atoms with van der Waals surface area (Å²) in [5.74, 6) is 1.61. The minimum atomic E-state index is 0.763. The molecule has 0 aromatic carbocycles. The van der Waals surface area contributed by atoms with Crippen molar-refractivity contribution in [1.29, 1.82) is 0 Å². The first-order chi connectivity index (χ1) is 7.65. The molecule has 0 saturated heterocycles. The maximum atomic E-state index is 4.31. The second kappa shape index (κ2) is 4.93. The maximum Gasteiger partial charge on any atom is 0.131 e. The summed E-state index contributed by atoms with van der Waals surface area (Å²) in [7, 11) is 0. The van der Waals surface area contributed by atoms with Gasteiger partial charge in [0.25, 0.3) is 0 Å². The molecule has 0 aliphatic heterocycles. The Balaban J connectivity index is 2.07. The lowest BCUT2D eigenvalue weighted by atomic mass is 10.2. The summed E-state index contributed by atoms with van der Waals surface area (Å²) in [4.78, 5) is 8.48. The first kappa shape index (κ1) is 11.5. The van der Waals surface area contributed by atoms with Crippen molar-refractivity contribution in [1.82, 2.24) is 9.97 Å². The second-order valence-electron chi connectivity index (χ2n) is 3.56. The van der Waals surface area contributed by atoms with Crippen LogP contribution in [0.2, 0.25) is 0 Å². The molecule has 0 atom stereocenters. The standard InChI is InChI=1S/C11H12BrN3S/c1-7-5-16-6-9(7)4-13-11-3-10(12)14-8(2)15-11/h3,5-6H,4H2,1-2H3,(H,13,14,15). The van der Waals surface area contributed by atoms with Gasteiger partial charge in [0.15, 0.2) is 0 Å². The van der Waals surface area contributed by atoms with E-state index in [-0.39, 0.29) is 0 Å². The van der Waals surface area contributed by atoms with Crippen molar-refractivity contribution in [3.63, 3.8) is 0 Å². The molecule has 0 fully saturated rings. The molecule has 0 saturated carbocycles. The number of rotatable bonds is 3. The molecular formula is C11H12BrN3S. The number of aryl methyl sites for hydroxylation is 2. The van der Waals surface area contributed by atoms with Crippen LogP contribution in [0.5, 0.6) is 0 Å². The Morgan fingerprint density at radius 2 is 2.12 bits per heavy atom. The zero-order chi connectivity index (χ0) is 11.5. The number of hydrogen-bond donors (Lipinski definition) is 1. The molecule has 2 rings (SSSR count). The molecule has 0 unspecified atom stereocenters. The van der Waals surface area contributed by atoms with Gasteiger partial charge in [-0.15, -0.1) is 0 Å². The Bertz CT molecular complexity index is 475. The van der Waals surface area contributed by atoms with E-state index < -0.39 is 0 Å². The van der Waals surface area contributed by atoms with Gasteiger partial charge in [-0.2, -0.15) is 11.3 Å². The lowest BCUT2D eigenvalue weighted by molar-refractivity contribution is 1.01. The van der Waals surface area contributed by atoms with E-state index in [0.29, 0.717) is 0 Å². The van der Waals surface area contributed by atoms with Crippen molar-refractivity contribution in [3.05, 3.63) is 38.4 Å². The molecule has 5 heteroatoms. The van der Waals surface area contributed by atoms with E-state index in [0.717, 1.165) is 22.8 Å². The smallest absolute Gasteiger partial charge is 0.131 e. The fourth-order valence-electron chi connectivity index (χ4n) is 1.38. The molecule has 0 bridgehead atoms. The van der Waals surface area contributed by atoms with Crippen LogP contribution in [0.1, 0.15) is 17.0 Å². The number of thiophene rings is 1. The first-order valence-corrected chi connectivity index (χ1v) is 6.65. The van der Waals surface area contributed by atoms with Gasteiger partial charge in [-0.25, -0.2) is 9.97 Å². The molecule has 2 aromatic heterocycles. The fourth-order valence-corrected chi connectivity index (χ4v) is 2.71. The Labute approximate surface area is 107 Å². The van der Waals surface area contributed by atoms with Gasteiger partial charge in [0, 0.05) is 12.6 Å². The van der Waals surface area contributed by atoms with Gasteiger partial charge in [-0.1, -0.05) is 0 Å². The van der Waals surface area contributed by atoms with Crippen LogP contribution in [0.3, 0.4) is 0 Å². The zero-order valence-corrected chi connectivity index (χ0v) is 11.5.